The van der Waals surface area contributed by atoms with E-state index in [4.69, 9.17) is 9.47 Å². The number of carbonyl (C=O) groups excluding carboxylic acids is 2. The highest BCUT2D eigenvalue weighted by molar-refractivity contribution is 6.46. The number of likely N-dealkylation sites (tertiary alicyclic amines) is 1. The topological polar surface area (TPSA) is 76.1 Å². The Morgan fingerprint density at radius 2 is 1.75 bits per heavy atom. The molecule has 1 heterocycles. The minimum atomic E-state index is -0.670. The summed E-state index contributed by atoms with van der Waals surface area (Å²) >= 11 is 0. The molecular formula is C26H31NO5. The van der Waals surface area contributed by atoms with E-state index in [1.54, 1.807) is 13.2 Å². The first-order valence-corrected chi connectivity index (χ1v) is 10.9. The van der Waals surface area contributed by atoms with Crippen LogP contribution in [-0.2, 0) is 9.59 Å². The molecule has 0 aliphatic carbocycles. The van der Waals surface area contributed by atoms with Gasteiger partial charge in [0.25, 0.3) is 11.7 Å². The zero-order chi connectivity index (χ0) is 23.6. The van der Waals surface area contributed by atoms with Gasteiger partial charge in [-0.3, -0.25) is 9.59 Å². The van der Waals surface area contributed by atoms with Crippen molar-refractivity contribution in [2.45, 2.75) is 53.2 Å². The summed E-state index contributed by atoms with van der Waals surface area (Å²) in [5, 5.41) is 11.3. The van der Waals surface area contributed by atoms with Crippen LogP contribution in [0.5, 0.6) is 11.5 Å². The average molecular weight is 438 g/mol. The molecule has 2 aromatic rings. The summed E-state index contributed by atoms with van der Waals surface area (Å²) in [5.74, 6) is -0.0292. The largest absolute Gasteiger partial charge is 0.507 e. The number of aryl methyl sites for hydroxylation is 2. The van der Waals surface area contributed by atoms with E-state index in [9.17, 15) is 14.7 Å². The van der Waals surface area contributed by atoms with Crippen molar-refractivity contribution in [1.29, 1.82) is 0 Å². The molecule has 0 radical (unpaired) electrons. The fourth-order valence-electron chi connectivity index (χ4n) is 4.11. The number of benzene rings is 2. The lowest BCUT2D eigenvalue weighted by Crippen LogP contribution is -2.30. The third kappa shape index (κ3) is 4.35. The summed E-state index contributed by atoms with van der Waals surface area (Å²) in [6, 6.07) is 10.3. The van der Waals surface area contributed by atoms with Crippen LogP contribution in [0.1, 0.15) is 55.5 Å². The summed E-state index contributed by atoms with van der Waals surface area (Å²) in [6.45, 7) is 9.97. The molecule has 1 saturated heterocycles. The second-order valence-corrected chi connectivity index (χ2v) is 8.36. The van der Waals surface area contributed by atoms with Gasteiger partial charge in [-0.05, 0) is 75.1 Å². The van der Waals surface area contributed by atoms with Gasteiger partial charge in [-0.15, -0.1) is 0 Å². The first-order chi connectivity index (χ1) is 15.2. The molecule has 1 aliphatic heterocycles. The summed E-state index contributed by atoms with van der Waals surface area (Å²) in [6.07, 6.45) is 0.728. The maximum absolute atomic E-state index is 13.1. The molecule has 1 N–H and O–H groups in total. The van der Waals surface area contributed by atoms with Gasteiger partial charge >= 0.3 is 0 Å². The van der Waals surface area contributed by atoms with Gasteiger partial charge in [0, 0.05) is 12.1 Å². The molecule has 1 aliphatic rings. The predicted octanol–water partition coefficient (Wildman–Crippen LogP) is 4.93. The second-order valence-electron chi connectivity index (χ2n) is 8.36. The minimum absolute atomic E-state index is 0.0351. The van der Waals surface area contributed by atoms with Crippen LogP contribution >= 0.6 is 0 Å². The molecular weight excluding hydrogens is 406 g/mol. The maximum Gasteiger partial charge on any atom is 0.295 e. The lowest BCUT2D eigenvalue weighted by atomic mass is 9.93. The van der Waals surface area contributed by atoms with E-state index in [-0.39, 0.29) is 17.4 Å². The molecule has 1 amide bonds. The van der Waals surface area contributed by atoms with E-state index in [0.717, 1.165) is 16.7 Å². The fraction of sp³-hybridized carbons (Fsp3) is 0.385. The molecule has 1 fully saturated rings. The molecule has 170 valence electrons. The van der Waals surface area contributed by atoms with Gasteiger partial charge < -0.3 is 19.5 Å². The molecule has 32 heavy (non-hydrogen) atoms. The smallest absolute Gasteiger partial charge is 0.295 e. The number of amides is 1. The molecule has 1 unspecified atom stereocenters. The first kappa shape index (κ1) is 23.4. The Hall–Kier alpha value is -3.28. The van der Waals surface area contributed by atoms with E-state index in [1.807, 2.05) is 65.0 Å². The van der Waals surface area contributed by atoms with Crippen LogP contribution in [0.3, 0.4) is 0 Å². The number of aliphatic hydroxyl groups is 1. The number of Topliss-reactive ketones (excluding diaryl/α,β-unsaturated/α-hetero) is 1. The molecule has 6 heteroatoms. The number of ether oxygens (including phenoxy) is 2. The van der Waals surface area contributed by atoms with Crippen LogP contribution in [0.25, 0.3) is 5.76 Å². The standard InChI is InChI=1S/C26H31NO5/c1-7-12-27-23(18-8-10-19(11-9-18)32-15(2)3)22(25(29)26(27)30)24(28)20-13-17(5)21(31-6)14-16(20)4/h8-11,13-15,23,28H,7,12H2,1-6H3/b24-22+. The Morgan fingerprint density at radius 3 is 2.31 bits per heavy atom. The van der Waals surface area contributed by atoms with Crippen LogP contribution in [0.4, 0.5) is 0 Å². The Kier molecular flexibility index (Phi) is 6.92. The maximum atomic E-state index is 13.1. The summed E-state index contributed by atoms with van der Waals surface area (Å²) in [7, 11) is 1.59. The van der Waals surface area contributed by atoms with E-state index >= 15 is 0 Å². The van der Waals surface area contributed by atoms with Crippen molar-refractivity contribution >= 4 is 17.4 Å². The highest BCUT2D eigenvalue weighted by Crippen LogP contribution is 2.41. The van der Waals surface area contributed by atoms with Gasteiger partial charge in [0.05, 0.1) is 24.8 Å². The van der Waals surface area contributed by atoms with Crippen LogP contribution < -0.4 is 9.47 Å². The average Bonchev–Trinajstić information content (AvgIpc) is 3.00. The van der Waals surface area contributed by atoms with Crippen LogP contribution in [-0.4, -0.2) is 41.5 Å². The number of methoxy groups -OCH3 is 1. The zero-order valence-electron chi connectivity index (χ0n) is 19.6. The van der Waals surface area contributed by atoms with Crippen LogP contribution in [0.2, 0.25) is 0 Å². The van der Waals surface area contributed by atoms with Crippen LogP contribution in [0.15, 0.2) is 42.0 Å². The number of nitrogens with zero attached hydrogens (tertiary/aromatic N) is 1. The Labute approximate surface area is 189 Å². The Balaban J connectivity index is 2.16. The molecule has 0 aromatic heterocycles. The molecule has 3 rings (SSSR count). The van der Waals surface area contributed by atoms with Crippen molar-refractivity contribution in [2.24, 2.45) is 0 Å². The van der Waals surface area contributed by atoms with Gasteiger partial charge in [0.2, 0.25) is 0 Å². The zero-order valence-corrected chi connectivity index (χ0v) is 19.6. The monoisotopic (exact) mass is 437 g/mol. The van der Waals surface area contributed by atoms with Crippen molar-refractivity contribution in [1.82, 2.24) is 4.90 Å². The van der Waals surface area contributed by atoms with Crippen LogP contribution in [0, 0.1) is 13.8 Å². The SMILES string of the molecule is CCCN1C(=O)C(=O)/C(=C(/O)c2cc(C)c(OC)cc2C)C1c1ccc(OC(C)C)cc1. The van der Waals surface area contributed by atoms with Gasteiger partial charge in [-0.2, -0.15) is 0 Å². The molecule has 0 bridgehead atoms. The number of aliphatic hydroxyl groups excluding tert-OH is 1. The van der Waals surface area contributed by atoms with Gasteiger partial charge in [0.15, 0.2) is 0 Å². The quantitative estimate of drug-likeness (QED) is 0.378. The van der Waals surface area contributed by atoms with Crippen molar-refractivity contribution in [3.05, 3.63) is 64.2 Å². The van der Waals surface area contributed by atoms with Gasteiger partial charge in [0.1, 0.15) is 17.3 Å². The third-order valence-electron chi connectivity index (χ3n) is 5.57. The lowest BCUT2D eigenvalue weighted by Gasteiger charge is -2.25. The lowest BCUT2D eigenvalue weighted by molar-refractivity contribution is -0.139. The number of rotatable bonds is 7. The van der Waals surface area contributed by atoms with Gasteiger partial charge in [-0.25, -0.2) is 0 Å². The molecule has 2 aromatic carbocycles. The van der Waals surface area contributed by atoms with E-state index in [2.05, 4.69) is 0 Å². The summed E-state index contributed by atoms with van der Waals surface area (Å²) < 4.78 is 11.1. The minimum Gasteiger partial charge on any atom is -0.507 e. The highest BCUT2D eigenvalue weighted by Gasteiger charge is 2.45. The number of ketones is 1. The van der Waals surface area contributed by atoms with Crippen molar-refractivity contribution in [2.75, 3.05) is 13.7 Å². The molecule has 6 nitrogen and oxygen atoms in total. The van der Waals surface area contributed by atoms with E-state index in [1.165, 1.54) is 4.90 Å². The second kappa shape index (κ2) is 9.47. The normalized spacial score (nSPS) is 17.8. The van der Waals surface area contributed by atoms with E-state index in [0.29, 0.717) is 30.0 Å². The first-order valence-electron chi connectivity index (χ1n) is 10.9. The molecule has 0 saturated carbocycles. The number of hydrogen-bond acceptors (Lipinski definition) is 5. The highest BCUT2D eigenvalue weighted by atomic mass is 16.5. The fourth-order valence-corrected chi connectivity index (χ4v) is 4.11. The molecule has 0 spiro atoms. The predicted molar refractivity (Wildman–Crippen MR) is 124 cm³/mol. The summed E-state index contributed by atoms with van der Waals surface area (Å²) in [4.78, 5) is 27.5. The third-order valence-corrected chi connectivity index (χ3v) is 5.57. The van der Waals surface area contributed by atoms with Crippen molar-refractivity contribution in [3.8, 4) is 11.5 Å². The Bertz CT molecular complexity index is 1050. The number of hydrogen-bond donors (Lipinski definition) is 1. The Morgan fingerprint density at radius 1 is 1.09 bits per heavy atom. The number of carbonyl (C=O) groups is 2. The molecule has 1 atom stereocenters. The van der Waals surface area contributed by atoms with E-state index < -0.39 is 17.7 Å². The summed E-state index contributed by atoms with van der Waals surface area (Å²) in [5.41, 5.74) is 2.95. The van der Waals surface area contributed by atoms with Gasteiger partial charge in [-0.1, -0.05) is 19.1 Å². The van der Waals surface area contributed by atoms with Crippen molar-refractivity contribution in [3.63, 3.8) is 0 Å². The van der Waals surface area contributed by atoms with Crippen molar-refractivity contribution < 1.29 is 24.2 Å².